The lowest BCUT2D eigenvalue weighted by atomic mass is 10.1. The monoisotopic (exact) mass is 308 g/mol. The largest absolute Gasteiger partial charge is 0.323 e. The highest BCUT2D eigenvalue weighted by Gasteiger charge is 2.15. The van der Waals surface area contributed by atoms with Crippen LogP contribution in [0.5, 0.6) is 0 Å². The van der Waals surface area contributed by atoms with E-state index in [1.54, 1.807) is 0 Å². The Kier molecular flexibility index (Phi) is 3.82. The van der Waals surface area contributed by atoms with Crippen LogP contribution in [0.3, 0.4) is 0 Å². The van der Waals surface area contributed by atoms with E-state index < -0.39 is 0 Å². The van der Waals surface area contributed by atoms with Gasteiger partial charge in [-0.1, -0.05) is 28.1 Å². The van der Waals surface area contributed by atoms with Crippen LogP contribution >= 0.6 is 15.9 Å². The molecule has 0 fully saturated rings. The highest BCUT2D eigenvalue weighted by Crippen LogP contribution is 2.23. The second kappa shape index (κ2) is 5.20. The summed E-state index contributed by atoms with van der Waals surface area (Å²) in [5.74, 6) is 0. The van der Waals surface area contributed by atoms with E-state index in [-0.39, 0.29) is 6.04 Å². The number of rotatable bonds is 3. The summed E-state index contributed by atoms with van der Waals surface area (Å²) in [5, 5.41) is 8.38. The van der Waals surface area contributed by atoms with Gasteiger partial charge in [0.05, 0.1) is 11.4 Å². The molecule has 1 heterocycles. The van der Waals surface area contributed by atoms with Crippen LogP contribution < -0.4 is 5.73 Å². The van der Waals surface area contributed by atoms with E-state index in [9.17, 15) is 0 Å². The molecular weight excluding hydrogens is 292 g/mol. The van der Waals surface area contributed by atoms with Crippen molar-refractivity contribution in [3.8, 4) is 5.69 Å². The van der Waals surface area contributed by atoms with Gasteiger partial charge in [0, 0.05) is 10.5 Å². The highest BCUT2D eigenvalue weighted by molar-refractivity contribution is 9.10. The maximum absolute atomic E-state index is 5.88. The second-order valence-electron chi connectivity index (χ2n) is 4.39. The number of aryl methyl sites for hydroxylation is 1. The molecule has 4 nitrogen and oxygen atoms in total. The Labute approximate surface area is 115 Å². The first-order valence-electron chi connectivity index (χ1n) is 6.01. The van der Waals surface area contributed by atoms with Crippen molar-refractivity contribution in [2.75, 3.05) is 0 Å². The minimum atomic E-state index is -0.0979. The van der Waals surface area contributed by atoms with Crippen molar-refractivity contribution in [1.82, 2.24) is 15.0 Å². The summed E-state index contributed by atoms with van der Waals surface area (Å²) in [4.78, 5) is 0. The van der Waals surface area contributed by atoms with E-state index in [1.807, 2.05) is 24.6 Å². The summed E-state index contributed by atoms with van der Waals surface area (Å²) < 4.78 is 2.94. The van der Waals surface area contributed by atoms with Gasteiger partial charge in [0.15, 0.2) is 0 Å². The molecule has 0 saturated heterocycles. The average molecular weight is 309 g/mol. The summed E-state index contributed by atoms with van der Waals surface area (Å²) in [6.45, 7) is 6.05. The quantitative estimate of drug-likeness (QED) is 0.948. The van der Waals surface area contributed by atoms with E-state index in [4.69, 9.17) is 5.73 Å². The SMILES string of the molecule is CCc1cc(Br)ccc1-n1nnc(C(C)N)c1C. The molecule has 0 aliphatic carbocycles. The smallest absolute Gasteiger partial charge is 0.102 e. The van der Waals surface area contributed by atoms with Crippen LogP contribution in [0.15, 0.2) is 22.7 Å². The van der Waals surface area contributed by atoms with Crippen LogP contribution in [0.2, 0.25) is 0 Å². The van der Waals surface area contributed by atoms with Gasteiger partial charge in [0.1, 0.15) is 5.69 Å². The molecule has 0 radical (unpaired) electrons. The van der Waals surface area contributed by atoms with Gasteiger partial charge in [0.2, 0.25) is 0 Å². The Morgan fingerprint density at radius 1 is 1.44 bits per heavy atom. The van der Waals surface area contributed by atoms with E-state index in [1.165, 1.54) is 5.56 Å². The van der Waals surface area contributed by atoms with Gasteiger partial charge in [-0.05, 0) is 44.0 Å². The van der Waals surface area contributed by atoms with Gasteiger partial charge in [-0.2, -0.15) is 0 Å². The van der Waals surface area contributed by atoms with E-state index in [0.29, 0.717) is 0 Å². The molecule has 1 unspecified atom stereocenters. The number of halogens is 1. The molecule has 0 aliphatic heterocycles. The first-order valence-corrected chi connectivity index (χ1v) is 6.80. The van der Waals surface area contributed by atoms with E-state index in [0.717, 1.165) is 28.0 Å². The molecule has 0 bridgehead atoms. The fourth-order valence-corrected chi connectivity index (χ4v) is 2.44. The average Bonchev–Trinajstić information content (AvgIpc) is 2.71. The summed E-state index contributed by atoms with van der Waals surface area (Å²) in [7, 11) is 0. The van der Waals surface area contributed by atoms with Crippen LogP contribution in [-0.4, -0.2) is 15.0 Å². The summed E-state index contributed by atoms with van der Waals surface area (Å²) in [6.07, 6.45) is 0.946. The van der Waals surface area contributed by atoms with Crippen molar-refractivity contribution in [1.29, 1.82) is 0 Å². The van der Waals surface area contributed by atoms with Crippen LogP contribution in [0.1, 0.15) is 36.8 Å². The summed E-state index contributed by atoms with van der Waals surface area (Å²) in [6, 6.07) is 6.08. The number of aromatic nitrogens is 3. The van der Waals surface area contributed by atoms with Gasteiger partial charge in [-0.3, -0.25) is 0 Å². The first-order chi connectivity index (χ1) is 8.54. The Balaban J connectivity index is 2.55. The third-order valence-corrected chi connectivity index (χ3v) is 3.51. The minimum absolute atomic E-state index is 0.0979. The lowest BCUT2D eigenvalue weighted by Gasteiger charge is -2.10. The third kappa shape index (κ3) is 2.33. The molecule has 0 aliphatic rings. The lowest BCUT2D eigenvalue weighted by molar-refractivity contribution is 0.754. The Morgan fingerprint density at radius 3 is 2.72 bits per heavy atom. The van der Waals surface area contributed by atoms with Gasteiger partial charge in [-0.15, -0.1) is 5.10 Å². The number of nitrogens with zero attached hydrogens (tertiary/aromatic N) is 3. The topological polar surface area (TPSA) is 56.7 Å². The molecule has 18 heavy (non-hydrogen) atoms. The number of nitrogens with two attached hydrogens (primary N) is 1. The van der Waals surface area contributed by atoms with Gasteiger partial charge >= 0.3 is 0 Å². The normalized spacial score (nSPS) is 12.7. The Hall–Kier alpha value is -1.20. The molecule has 2 aromatic rings. The van der Waals surface area contributed by atoms with E-state index in [2.05, 4.69) is 45.3 Å². The molecule has 0 amide bonds. The minimum Gasteiger partial charge on any atom is -0.323 e. The summed E-state index contributed by atoms with van der Waals surface area (Å²) in [5.41, 5.74) is 10.0. The lowest BCUT2D eigenvalue weighted by Crippen LogP contribution is -2.08. The molecule has 2 N–H and O–H groups in total. The fraction of sp³-hybridized carbons (Fsp3) is 0.385. The molecule has 1 aromatic heterocycles. The maximum atomic E-state index is 5.88. The van der Waals surface area contributed by atoms with Crippen LogP contribution in [0, 0.1) is 6.92 Å². The van der Waals surface area contributed by atoms with Crippen molar-refractivity contribution >= 4 is 15.9 Å². The molecule has 2 rings (SSSR count). The molecular formula is C13H17BrN4. The number of benzene rings is 1. The Bertz CT molecular complexity index is 560. The van der Waals surface area contributed by atoms with Crippen LogP contribution in [-0.2, 0) is 6.42 Å². The van der Waals surface area contributed by atoms with Gasteiger partial charge < -0.3 is 5.73 Å². The van der Waals surface area contributed by atoms with Gasteiger partial charge in [0.25, 0.3) is 0 Å². The maximum Gasteiger partial charge on any atom is 0.102 e. The zero-order valence-electron chi connectivity index (χ0n) is 10.8. The first kappa shape index (κ1) is 13.2. The molecule has 96 valence electrons. The van der Waals surface area contributed by atoms with Crippen molar-refractivity contribution < 1.29 is 0 Å². The van der Waals surface area contributed by atoms with Crippen molar-refractivity contribution in [2.24, 2.45) is 5.73 Å². The predicted octanol–water partition coefficient (Wildman–Crippen LogP) is 2.92. The molecule has 5 heteroatoms. The fourth-order valence-electron chi connectivity index (χ4n) is 2.03. The van der Waals surface area contributed by atoms with Crippen molar-refractivity contribution in [3.63, 3.8) is 0 Å². The standard InChI is InChI=1S/C13H17BrN4/c1-4-10-7-11(14)5-6-12(10)18-9(3)13(8(2)15)16-17-18/h5-8H,4,15H2,1-3H3. The van der Waals surface area contributed by atoms with E-state index >= 15 is 0 Å². The zero-order chi connectivity index (χ0) is 13.3. The second-order valence-corrected chi connectivity index (χ2v) is 5.30. The van der Waals surface area contributed by atoms with Crippen molar-refractivity contribution in [2.45, 2.75) is 33.2 Å². The number of hydrogen-bond donors (Lipinski definition) is 1. The molecule has 0 spiro atoms. The Morgan fingerprint density at radius 2 is 2.17 bits per heavy atom. The predicted molar refractivity (Wildman–Crippen MR) is 75.8 cm³/mol. The molecule has 0 saturated carbocycles. The van der Waals surface area contributed by atoms with Gasteiger partial charge in [-0.25, -0.2) is 4.68 Å². The van der Waals surface area contributed by atoms with Crippen LogP contribution in [0.4, 0.5) is 0 Å². The van der Waals surface area contributed by atoms with Crippen molar-refractivity contribution in [3.05, 3.63) is 39.6 Å². The third-order valence-electron chi connectivity index (χ3n) is 3.01. The zero-order valence-corrected chi connectivity index (χ0v) is 12.4. The molecule has 1 aromatic carbocycles. The number of hydrogen-bond acceptors (Lipinski definition) is 3. The molecule has 1 atom stereocenters. The highest BCUT2D eigenvalue weighted by atomic mass is 79.9. The van der Waals surface area contributed by atoms with Crippen LogP contribution in [0.25, 0.3) is 5.69 Å². The summed E-state index contributed by atoms with van der Waals surface area (Å²) >= 11 is 3.49.